The molecule has 1 heterocycles. The number of carbonyl (C=O) groups is 1. The van der Waals surface area contributed by atoms with Crippen molar-refractivity contribution in [2.24, 2.45) is 0 Å². The normalized spacial score (nSPS) is 10.8. The fourth-order valence-electron chi connectivity index (χ4n) is 1.88. The standard InChI is InChI=1S/C15H18N2O3/c1-10(2)12-6-11(3)7-13(8-12)20-9-17-5-4-14(16-17)15(18)19/h4-8,10H,9H2,1-3H3,(H,18,19). The van der Waals surface area contributed by atoms with Crippen LogP contribution in [0.25, 0.3) is 0 Å². The zero-order valence-corrected chi connectivity index (χ0v) is 11.8. The summed E-state index contributed by atoms with van der Waals surface area (Å²) in [7, 11) is 0. The fraction of sp³-hybridized carbons (Fsp3) is 0.333. The third-order valence-corrected chi connectivity index (χ3v) is 2.96. The maximum absolute atomic E-state index is 10.7. The molecule has 0 radical (unpaired) electrons. The fourth-order valence-corrected chi connectivity index (χ4v) is 1.88. The van der Waals surface area contributed by atoms with Crippen LogP contribution in [0.5, 0.6) is 5.75 Å². The van der Waals surface area contributed by atoms with Gasteiger partial charge in [-0.2, -0.15) is 5.10 Å². The Hall–Kier alpha value is -2.30. The molecular formula is C15H18N2O3. The summed E-state index contributed by atoms with van der Waals surface area (Å²) < 4.78 is 7.12. The Morgan fingerprint density at radius 3 is 2.75 bits per heavy atom. The molecule has 0 unspecified atom stereocenters. The summed E-state index contributed by atoms with van der Waals surface area (Å²) in [6.07, 6.45) is 1.59. The average molecular weight is 274 g/mol. The van der Waals surface area contributed by atoms with Crippen molar-refractivity contribution >= 4 is 5.97 Å². The Labute approximate surface area is 117 Å². The number of hydrogen-bond donors (Lipinski definition) is 1. The van der Waals surface area contributed by atoms with Gasteiger partial charge in [-0.1, -0.05) is 19.9 Å². The van der Waals surface area contributed by atoms with Crippen LogP contribution in [0.15, 0.2) is 30.5 Å². The molecule has 0 fully saturated rings. The van der Waals surface area contributed by atoms with Crippen LogP contribution in [0, 0.1) is 6.92 Å². The third kappa shape index (κ3) is 3.38. The SMILES string of the molecule is Cc1cc(OCn2ccc(C(=O)O)n2)cc(C(C)C)c1. The van der Waals surface area contributed by atoms with Gasteiger partial charge in [0, 0.05) is 6.20 Å². The lowest BCUT2D eigenvalue weighted by atomic mass is 10.0. The van der Waals surface area contributed by atoms with Gasteiger partial charge in [-0.15, -0.1) is 0 Å². The number of rotatable bonds is 5. The Morgan fingerprint density at radius 1 is 1.40 bits per heavy atom. The van der Waals surface area contributed by atoms with Crippen molar-refractivity contribution in [2.75, 3.05) is 0 Å². The lowest BCUT2D eigenvalue weighted by molar-refractivity contribution is 0.0688. The molecule has 1 aromatic carbocycles. The molecule has 0 saturated heterocycles. The molecule has 0 atom stereocenters. The quantitative estimate of drug-likeness (QED) is 0.910. The molecule has 0 aliphatic heterocycles. The molecule has 1 N–H and O–H groups in total. The number of aryl methyl sites for hydroxylation is 1. The van der Waals surface area contributed by atoms with Gasteiger partial charge in [0.2, 0.25) is 0 Å². The van der Waals surface area contributed by atoms with E-state index in [1.165, 1.54) is 16.3 Å². The second kappa shape index (κ2) is 5.77. The summed E-state index contributed by atoms with van der Waals surface area (Å²) in [5.41, 5.74) is 2.37. The first-order valence-electron chi connectivity index (χ1n) is 6.47. The topological polar surface area (TPSA) is 64.3 Å². The van der Waals surface area contributed by atoms with Crippen molar-refractivity contribution in [2.45, 2.75) is 33.4 Å². The Kier molecular flexibility index (Phi) is 4.08. The van der Waals surface area contributed by atoms with E-state index in [0.29, 0.717) is 5.92 Å². The second-order valence-corrected chi connectivity index (χ2v) is 5.05. The molecule has 0 amide bonds. The van der Waals surface area contributed by atoms with Crippen LogP contribution in [0.2, 0.25) is 0 Å². The van der Waals surface area contributed by atoms with E-state index >= 15 is 0 Å². The molecule has 0 aliphatic carbocycles. The van der Waals surface area contributed by atoms with E-state index in [9.17, 15) is 4.79 Å². The smallest absolute Gasteiger partial charge is 0.356 e. The monoisotopic (exact) mass is 274 g/mol. The molecule has 0 bridgehead atoms. The van der Waals surface area contributed by atoms with Crippen molar-refractivity contribution in [1.29, 1.82) is 0 Å². The zero-order chi connectivity index (χ0) is 14.7. The van der Waals surface area contributed by atoms with Gasteiger partial charge in [-0.05, 0) is 42.2 Å². The number of hydrogen-bond acceptors (Lipinski definition) is 3. The van der Waals surface area contributed by atoms with Gasteiger partial charge in [-0.25, -0.2) is 9.48 Å². The molecule has 0 saturated carbocycles. The average Bonchev–Trinajstić information content (AvgIpc) is 2.84. The summed E-state index contributed by atoms with van der Waals surface area (Å²) in [6.45, 7) is 6.47. The van der Waals surface area contributed by atoms with Gasteiger partial charge >= 0.3 is 5.97 Å². The minimum absolute atomic E-state index is 0.0145. The number of ether oxygens (including phenoxy) is 1. The maximum Gasteiger partial charge on any atom is 0.356 e. The van der Waals surface area contributed by atoms with Gasteiger partial charge in [0.1, 0.15) is 5.75 Å². The summed E-state index contributed by atoms with van der Waals surface area (Å²) >= 11 is 0. The maximum atomic E-state index is 10.7. The van der Waals surface area contributed by atoms with Crippen LogP contribution in [-0.4, -0.2) is 20.9 Å². The Bertz CT molecular complexity index is 617. The molecule has 2 rings (SSSR count). The molecule has 106 valence electrons. The van der Waals surface area contributed by atoms with Crippen molar-refractivity contribution in [1.82, 2.24) is 9.78 Å². The van der Waals surface area contributed by atoms with Crippen LogP contribution >= 0.6 is 0 Å². The lowest BCUT2D eigenvalue weighted by Gasteiger charge is -2.11. The number of nitrogens with zero attached hydrogens (tertiary/aromatic N) is 2. The van der Waals surface area contributed by atoms with Crippen molar-refractivity contribution in [3.63, 3.8) is 0 Å². The highest BCUT2D eigenvalue weighted by molar-refractivity contribution is 5.84. The summed E-state index contributed by atoms with van der Waals surface area (Å²) in [4.78, 5) is 10.7. The van der Waals surface area contributed by atoms with E-state index in [1.54, 1.807) is 6.20 Å². The molecule has 2 aromatic rings. The van der Waals surface area contributed by atoms with E-state index in [1.807, 2.05) is 19.1 Å². The highest BCUT2D eigenvalue weighted by Gasteiger charge is 2.07. The molecule has 1 aromatic heterocycles. The molecule has 0 aliphatic rings. The Balaban J connectivity index is 2.08. The van der Waals surface area contributed by atoms with Crippen LogP contribution in [0.3, 0.4) is 0 Å². The minimum Gasteiger partial charge on any atom is -0.476 e. The van der Waals surface area contributed by atoms with Crippen LogP contribution < -0.4 is 4.74 Å². The molecule has 0 spiro atoms. The van der Waals surface area contributed by atoms with Gasteiger partial charge in [0.25, 0.3) is 0 Å². The first-order valence-corrected chi connectivity index (χ1v) is 6.47. The second-order valence-electron chi connectivity index (χ2n) is 5.05. The highest BCUT2D eigenvalue weighted by atomic mass is 16.5. The summed E-state index contributed by atoms with van der Waals surface area (Å²) in [6, 6.07) is 7.53. The van der Waals surface area contributed by atoms with Crippen molar-refractivity contribution < 1.29 is 14.6 Å². The van der Waals surface area contributed by atoms with Gasteiger partial charge in [-0.3, -0.25) is 0 Å². The molecule has 5 heteroatoms. The lowest BCUT2D eigenvalue weighted by Crippen LogP contribution is -2.08. The van der Waals surface area contributed by atoms with Crippen molar-refractivity contribution in [3.05, 3.63) is 47.3 Å². The minimum atomic E-state index is -1.04. The number of aromatic nitrogens is 2. The summed E-state index contributed by atoms with van der Waals surface area (Å²) in [5.74, 6) is 0.156. The first-order chi connectivity index (χ1) is 9.45. The van der Waals surface area contributed by atoms with Crippen LogP contribution in [-0.2, 0) is 6.73 Å². The predicted octanol–water partition coefficient (Wildman–Crippen LogP) is 3.05. The van der Waals surface area contributed by atoms with E-state index < -0.39 is 5.97 Å². The molecular weight excluding hydrogens is 256 g/mol. The number of aromatic carboxylic acids is 1. The van der Waals surface area contributed by atoms with E-state index in [0.717, 1.165) is 11.3 Å². The summed E-state index contributed by atoms with van der Waals surface area (Å²) in [5, 5.41) is 12.7. The molecule has 5 nitrogen and oxygen atoms in total. The number of carboxylic acid groups (broad SMARTS) is 1. The van der Waals surface area contributed by atoms with E-state index in [4.69, 9.17) is 9.84 Å². The van der Waals surface area contributed by atoms with E-state index in [2.05, 4.69) is 25.0 Å². The predicted molar refractivity (Wildman–Crippen MR) is 75.1 cm³/mol. The highest BCUT2D eigenvalue weighted by Crippen LogP contribution is 2.23. The zero-order valence-electron chi connectivity index (χ0n) is 11.8. The third-order valence-electron chi connectivity index (χ3n) is 2.96. The largest absolute Gasteiger partial charge is 0.476 e. The van der Waals surface area contributed by atoms with Crippen LogP contribution in [0.1, 0.15) is 41.4 Å². The first kappa shape index (κ1) is 14.1. The van der Waals surface area contributed by atoms with Crippen molar-refractivity contribution in [3.8, 4) is 5.75 Å². The van der Waals surface area contributed by atoms with Gasteiger partial charge in [0.05, 0.1) is 0 Å². The number of benzene rings is 1. The van der Waals surface area contributed by atoms with Crippen LogP contribution in [0.4, 0.5) is 0 Å². The molecule has 20 heavy (non-hydrogen) atoms. The number of carboxylic acids is 1. The van der Waals surface area contributed by atoms with Gasteiger partial charge in [0.15, 0.2) is 12.4 Å². The van der Waals surface area contributed by atoms with Gasteiger partial charge < -0.3 is 9.84 Å². The van der Waals surface area contributed by atoms with E-state index in [-0.39, 0.29) is 12.4 Å². The Morgan fingerprint density at radius 2 is 2.15 bits per heavy atom.